The van der Waals surface area contributed by atoms with E-state index in [9.17, 15) is 17.6 Å². The smallest absolute Gasteiger partial charge is 0.407 e. The van der Waals surface area contributed by atoms with Crippen LogP contribution in [0.4, 0.5) is 9.18 Å². The summed E-state index contributed by atoms with van der Waals surface area (Å²) in [7, 11) is -3.41. The van der Waals surface area contributed by atoms with Gasteiger partial charge in [0.1, 0.15) is 12.8 Å². The third kappa shape index (κ3) is 4.67. The first-order valence-corrected chi connectivity index (χ1v) is 8.77. The quantitative estimate of drug-likeness (QED) is 0.902. The second-order valence-electron chi connectivity index (χ2n) is 5.24. The second kappa shape index (κ2) is 7.06. The Morgan fingerprint density at radius 3 is 2.68 bits per heavy atom. The van der Waals surface area contributed by atoms with Crippen molar-refractivity contribution in [3.05, 3.63) is 35.9 Å². The molecule has 1 aliphatic rings. The van der Waals surface area contributed by atoms with E-state index in [-0.39, 0.29) is 26.1 Å². The molecule has 1 aliphatic heterocycles. The van der Waals surface area contributed by atoms with Crippen molar-refractivity contribution in [1.82, 2.24) is 9.62 Å². The van der Waals surface area contributed by atoms with Crippen molar-refractivity contribution in [3.63, 3.8) is 0 Å². The van der Waals surface area contributed by atoms with Gasteiger partial charge < -0.3 is 10.1 Å². The van der Waals surface area contributed by atoms with Crippen molar-refractivity contribution in [1.29, 1.82) is 0 Å². The van der Waals surface area contributed by atoms with Crippen molar-refractivity contribution >= 4 is 16.1 Å². The monoisotopic (exact) mass is 330 g/mol. The lowest BCUT2D eigenvalue weighted by atomic mass is 10.1. The molecule has 0 saturated carbocycles. The Kier molecular flexibility index (Phi) is 5.36. The number of hydrogen-bond acceptors (Lipinski definition) is 4. The number of alkyl carbamates (subject to hydrolysis) is 1. The first-order chi connectivity index (χ1) is 10.4. The maximum Gasteiger partial charge on any atom is 0.407 e. The van der Waals surface area contributed by atoms with Crippen molar-refractivity contribution in [2.45, 2.75) is 25.2 Å². The van der Waals surface area contributed by atoms with E-state index < -0.39 is 28.3 Å². The zero-order valence-corrected chi connectivity index (χ0v) is 13.1. The number of carbonyl (C=O) groups excluding carboxylic acids is 1. The standard InChI is InChI=1S/C14H19FN2O4S/c1-22(19,20)17-8-7-13(12(15)9-17)16-14(18)21-10-11-5-3-2-4-6-11/h2-6,12-13H,7-10H2,1H3,(H,16,18)/t12-,13+/m1/s1. The van der Waals surface area contributed by atoms with Crippen LogP contribution in [0.15, 0.2) is 30.3 Å². The van der Waals surface area contributed by atoms with Gasteiger partial charge in [-0.3, -0.25) is 0 Å². The fourth-order valence-electron chi connectivity index (χ4n) is 2.26. The van der Waals surface area contributed by atoms with Crippen LogP contribution in [-0.4, -0.2) is 50.4 Å². The molecule has 0 spiro atoms. The number of halogens is 1. The van der Waals surface area contributed by atoms with Crippen molar-refractivity contribution < 1.29 is 22.3 Å². The summed E-state index contributed by atoms with van der Waals surface area (Å²) in [4.78, 5) is 11.7. The predicted octanol–water partition coefficient (Wildman–Crippen LogP) is 1.28. The molecule has 0 unspecified atom stereocenters. The Hall–Kier alpha value is -1.67. The minimum Gasteiger partial charge on any atom is -0.445 e. The number of piperidine rings is 1. The molecule has 1 aromatic carbocycles. The number of nitrogens with one attached hydrogen (secondary N) is 1. The molecule has 1 saturated heterocycles. The number of nitrogens with zero attached hydrogens (tertiary/aromatic N) is 1. The molecule has 0 aromatic heterocycles. The van der Waals surface area contributed by atoms with E-state index in [4.69, 9.17) is 4.74 Å². The molecular formula is C14H19FN2O4S. The van der Waals surface area contributed by atoms with Crippen LogP contribution < -0.4 is 5.32 Å². The van der Waals surface area contributed by atoms with E-state index in [1.54, 1.807) is 0 Å². The van der Waals surface area contributed by atoms with Gasteiger partial charge in [-0.25, -0.2) is 17.6 Å². The number of carbonyl (C=O) groups is 1. The molecule has 22 heavy (non-hydrogen) atoms. The summed E-state index contributed by atoms with van der Waals surface area (Å²) in [6.45, 7) is 0.0388. The Labute approximate surface area is 129 Å². The Morgan fingerprint density at radius 1 is 1.41 bits per heavy atom. The molecule has 8 heteroatoms. The van der Waals surface area contributed by atoms with Crippen LogP contribution in [0.25, 0.3) is 0 Å². The highest BCUT2D eigenvalue weighted by atomic mass is 32.2. The van der Waals surface area contributed by atoms with Gasteiger partial charge in [-0.15, -0.1) is 0 Å². The number of hydrogen-bond donors (Lipinski definition) is 1. The molecule has 1 amide bonds. The number of amides is 1. The Balaban J connectivity index is 1.80. The van der Waals surface area contributed by atoms with Crippen LogP contribution in [0.2, 0.25) is 0 Å². The van der Waals surface area contributed by atoms with E-state index >= 15 is 0 Å². The van der Waals surface area contributed by atoms with E-state index in [2.05, 4.69) is 5.32 Å². The second-order valence-corrected chi connectivity index (χ2v) is 7.22. The van der Waals surface area contributed by atoms with Gasteiger partial charge in [-0.1, -0.05) is 30.3 Å². The zero-order valence-electron chi connectivity index (χ0n) is 12.2. The van der Waals surface area contributed by atoms with E-state index in [1.807, 2.05) is 30.3 Å². The predicted molar refractivity (Wildman–Crippen MR) is 79.5 cm³/mol. The van der Waals surface area contributed by atoms with Crippen molar-refractivity contribution in [2.75, 3.05) is 19.3 Å². The molecule has 1 aromatic rings. The summed E-state index contributed by atoms with van der Waals surface area (Å²) >= 11 is 0. The minimum atomic E-state index is -3.41. The molecule has 1 heterocycles. The SMILES string of the molecule is CS(=O)(=O)N1CC[C@H](NC(=O)OCc2ccccc2)[C@H](F)C1. The Morgan fingerprint density at radius 2 is 2.09 bits per heavy atom. The summed E-state index contributed by atoms with van der Waals surface area (Å²) in [6.07, 6.45) is -0.895. The van der Waals surface area contributed by atoms with Crippen LogP contribution in [0, 0.1) is 0 Å². The highest BCUT2D eigenvalue weighted by Crippen LogP contribution is 2.16. The maximum atomic E-state index is 14.0. The molecule has 0 radical (unpaired) electrons. The maximum absolute atomic E-state index is 14.0. The van der Waals surface area contributed by atoms with Gasteiger partial charge in [-0.05, 0) is 12.0 Å². The summed E-state index contributed by atoms with van der Waals surface area (Å²) in [5.74, 6) is 0. The first kappa shape index (κ1) is 16.7. The Bertz CT molecular complexity index is 609. The number of sulfonamides is 1. The number of benzene rings is 1. The van der Waals surface area contributed by atoms with Gasteiger partial charge in [0.15, 0.2) is 0 Å². The molecule has 0 bridgehead atoms. The highest BCUT2D eigenvalue weighted by Gasteiger charge is 2.34. The van der Waals surface area contributed by atoms with Crippen LogP contribution >= 0.6 is 0 Å². The van der Waals surface area contributed by atoms with Crippen LogP contribution in [0.1, 0.15) is 12.0 Å². The zero-order chi connectivity index (χ0) is 16.2. The minimum absolute atomic E-state index is 0.103. The fourth-order valence-corrected chi connectivity index (χ4v) is 3.11. The van der Waals surface area contributed by atoms with Crippen molar-refractivity contribution in [3.8, 4) is 0 Å². The first-order valence-electron chi connectivity index (χ1n) is 6.92. The van der Waals surface area contributed by atoms with E-state index in [0.29, 0.717) is 0 Å². The van der Waals surface area contributed by atoms with Crippen molar-refractivity contribution in [2.24, 2.45) is 0 Å². The lowest BCUT2D eigenvalue weighted by Crippen LogP contribution is -2.53. The lowest BCUT2D eigenvalue weighted by Gasteiger charge is -2.33. The molecule has 2 rings (SSSR count). The normalized spacial score (nSPS) is 23.0. The van der Waals surface area contributed by atoms with Gasteiger partial charge in [-0.2, -0.15) is 4.31 Å². The fraction of sp³-hybridized carbons (Fsp3) is 0.500. The summed E-state index contributed by atoms with van der Waals surface area (Å²) in [6, 6.07) is 8.41. The lowest BCUT2D eigenvalue weighted by molar-refractivity contribution is 0.111. The molecule has 0 aliphatic carbocycles. The average molecular weight is 330 g/mol. The van der Waals surface area contributed by atoms with Gasteiger partial charge in [0.25, 0.3) is 0 Å². The average Bonchev–Trinajstić information content (AvgIpc) is 2.47. The van der Waals surface area contributed by atoms with E-state index in [0.717, 1.165) is 16.1 Å². The molecular weight excluding hydrogens is 311 g/mol. The number of rotatable bonds is 4. The van der Waals surface area contributed by atoms with Gasteiger partial charge in [0.2, 0.25) is 10.0 Å². The van der Waals surface area contributed by atoms with Crippen LogP contribution in [0.3, 0.4) is 0 Å². The molecule has 6 nitrogen and oxygen atoms in total. The van der Waals surface area contributed by atoms with Gasteiger partial charge in [0.05, 0.1) is 12.3 Å². The third-order valence-corrected chi connectivity index (χ3v) is 4.76. The molecule has 2 atom stereocenters. The van der Waals surface area contributed by atoms with Gasteiger partial charge >= 0.3 is 6.09 Å². The third-order valence-electron chi connectivity index (χ3n) is 3.49. The van der Waals surface area contributed by atoms with E-state index in [1.165, 1.54) is 0 Å². The molecule has 1 N–H and O–H groups in total. The van der Waals surface area contributed by atoms with Crippen LogP contribution in [0.5, 0.6) is 0 Å². The summed E-state index contributed by atoms with van der Waals surface area (Å²) in [5, 5.41) is 2.45. The van der Waals surface area contributed by atoms with Gasteiger partial charge in [0, 0.05) is 13.1 Å². The highest BCUT2D eigenvalue weighted by molar-refractivity contribution is 7.88. The largest absolute Gasteiger partial charge is 0.445 e. The summed E-state index contributed by atoms with van der Waals surface area (Å²) < 4.78 is 42.8. The summed E-state index contributed by atoms with van der Waals surface area (Å²) in [5.41, 5.74) is 0.835. The molecule has 122 valence electrons. The molecule has 1 fully saturated rings. The number of ether oxygens (including phenoxy) is 1. The topological polar surface area (TPSA) is 75.7 Å². The van der Waals surface area contributed by atoms with Crippen LogP contribution in [-0.2, 0) is 21.4 Å². The number of alkyl halides is 1.